The average Bonchev–Trinajstić information content (AvgIpc) is 2.46. The minimum atomic E-state index is -0.0409. The van der Waals surface area contributed by atoms with Crippen molar-refractivity contribution in [2.24, 2.45) is 7.05 Å². The zero-order valence-corrected chi connectivity index (χ0v) is 8.10. The second-order valence-corrected chi connectivity index (χ2v) is 3.49. The zero-order valence-electron chi connectivity index (χ0n) is 8.10. The van der Waals surface area contributed by atoms with Gasteiger partial charge in [0.2, 0.25) is 11.8 Å². The van der Waals surface area contributed by atoms with Crippen LogP contribution in [0.2, 0.25) is 0 Å². The second kappa shape index (κ2) is 3.32. The van der Waals surface area contributed by atoms with E-state index < -0.39 is 0 Å². The van der Waals surface area contributed by atoms with Crippen molar-refractivity contribution >= 4 is 11.7 Å². The normalized spacial score (nSPS) is 17.5. The highest BCUT2D eigenvalue weighted by molar-refractivity contribution is 5.93. The van der Waals surface area contributed by atoms with Crippen molar-refractivity contribution in [1.29, 1.82) is 0 Å². The Morgan fingerprint density at radius 3 is 2.86 bits per heavy atom. The third-order valence-corrected chi connectivity index (χ3v) is 2.44. The summed E-state index contributed by atoms with van der Waals surface area (Å²) in [7, 11) is 1.72. The molecule has 1 aromatic rings. The van der Waals surface area contributed by atoms with E-state index in [1.807, 2.05) is 0 Å². The van der Waals surface area contributed by atoms with Crippen LogP contribution in [0.25, 0.3) is 0 Å². The lowest BCUT2D eigenvalue weighted by molar-refractivity contribution is -0.119. The number of rotatable bonds is 1. The molecule has 0 bridgehead atoms. The topological polar surface area (TPSA) is 58.4 Å². The molecule has 1 aromatic heterocycles. The number of hydrogen-bond acceptors (Lipinski definition) is 3. The Balaban J connectivity index is 2.28. The van der Waals surface area contributed by atoms with Crippen LogP contribution in [0.1, 0.15) is 19.3 Å². The quantitative estimate of drug-likeness (QED) is 0.715. The molecule has 1 aliphatic rings. The molecule has 76 valence electrons. The maximum atomic E-state index is 11.6. The fraction of sp³-hybridized carbons (Fsp3) is 0.556. The monoisotopic (exact) mass is 195 g/mol. The van der Waals surface area contributed by atoms with E-state index >= 15 is 0 Å². The lowest BCUT2D eigenvalue weighted by atomic mass is 10.1. The second-order valence-electron chi connectivity index (χ2n) is 3.49. The lowest BCUT2D eigenvalue weighted by Crippen LogP contribution is -2.36. The van der Waals surface area contributed by atoms with Crippen molar-refractivity contribution in [3.05, 3.63) is 6.07 Å². The number of nitrogens with zero attached hydrogens (tertiary/aromatic N) is 3. The van der Waals surface area contributed by atoms with Crippen LogP contribution in [0, 0.1) is 0 Å². The minimum Gasteiger partial charge on any atom is -0.492 e. The molecular formula is C9H13N3O2. The largest absolute Gasteiger partial charge is 0.492 e. The van der Waals surface area contributed by atoms with E-state index in [0.29, 0.717) is 12.2 Å². The van der Waals surface area contributed by atoms with E-state index in [1.165, 1.54) is 10.7 Å². The molecule has 0 radical (unpaired) electrons. The van der Waals surface area contributed by atoms with Gasteiger partial charge < -0.3 is 5.11 Å². The maximum absolute atomic E-state index is 11.6. The zero-order chi connectivity index (χ0) is 10.1. The van der Waals surface area contributed by atoms with Crippen LogP contribution < -0.4 is 4.90 Å². The van der Waals surface area contributed by atoms with Gasteiger partial charge in [0.1, 0.15) is 5.82 Å². The van der Waals surface area contributed by atoms with Crippen LogP contribution in [0.3, 0.4) is 0 Å². The molecule has 1 fully saturated rings. The van der Waals surface area contributed by atoms with Crippen LogP contribution in [-0.2, 0) is 11.8 Å². The predicted molar refractivity (Wildman–Crippen MR) is 51.1 cm³/mol. The van der Waals surface area contributed by atoms with Crippen molar-refractivity contribution in [1.82, 2.24) is 9.78 Å². The molecule has 0 atom stereocenters. The van der Waals surface area contributed by atoms with Gasteiger partial charge in [-0.1, -0.05) is 0 Å². The fourth-order valence-corrected chi connectivity index (χ4v) is 1.74. The number of hydrogen-bond donors (Lipinski definition) is 1. The number of amides is 1. The molecule has 0 aliphatic carbocycles. The molecule has 1 saturated heterocycles. The molecule has 5 heteroatoms. The third-order valence-electron chi connectivity index (χ3n) is 2.44. The molecule has 14 heavy (non-hydrogen) atoms. The summed E-state index contributed by atoms with van der Waals surface area (Å²) in [6.07, 6.45) is 2.56. The molecular weight excluding hydrogens is 182 g/mol. The smallest absolute Gasteiger partial charge is 0.232 e. The van der Waals surface area contributed by atoms with Gasteiger partial charge in [-0.05, 0) is 12.8 Å². The van der Waals surface area contributed by atoms with Gasteiger partial charge in [0, 0.05) is 26.1 Å². The molecule has 1 aliphatic heterocycles. The molecule has 0 spiro atoms. The molecule has 0 aromatic carbocycles. The summed E-state index contributed by atoms with van der Waals surface area (Å²) in [5.74, 6) is 0.743. The van der Waals surface area contributed by atoms with Gasteiger partial charge in [-0.25, -0.2) is 4.68 Å². The van der Waals surface area contributed by atoms with E-state index in [9.17, 15) is 9.90 Å². The summed E-state index contributed by atoms with van der Waals surface area (Å²) < 4.78 is 1.53. The number of piperidine rings is 1. The van der Waals surface area contributed by atoms with E-state index in [2.05, 4.69) is 5.10 Å². The Kier molecular flexibility index (Phi) is 2.15. The number of aromatic nitrogens is 2. The van der Waals surface area contributed by atoms with E-state index in [0.717, 1.165) is 19.4 Å². The maximum Gasteiger partial charge on any atom is 0.232 e. The molecule has 0 unspecified atom stereocenters. The van der Waals surface area contributed by atoms with Gasteiger partial charge in [0.15, 0.2) is 0 Å². The first-order valence-corrected chi connectivity index (χ1v) is 4.72. The summed E-state index contributed by atoms with van der Waals surface area (Å²) in [6, 6.07) is 1.52. The Morgan fingerprint density at radius 1 is 1.50 bits per heavy atom. The average molecular weight is 195 g/mol. The van der Waals surface area contributed by atoms with Gasteiger partial charge in [0.05, 0.1) is 0 Å². The first-order valence-electron chi connectivity index (χ1n) is 4.72. The Labute approximate surface area is 81.9 Å². The Bertz CT molecular complexity index is 359. The van der Waals surface area contributed by atoms with Crippen LogP contribution >= 0.6 is 0 Å². The molecule has 0 saturated carbocycles. The molecule has 1 amide bonds. The number of aryl methyl sites for hydroxylation is 1. The standard InChI is InChI=1S/C9H13N3O2/c1-11-8(6-7(13)10-11)12-5-3-2-4-9(12)14/h6H,2-5H2,1H3,(H,10,13). The van der Waals surface area contributed by atoms with Crippen molar-refractivity contribution in [3.63, 3.8) is 0 Å². The van der Waals surface area contributed by atoms with E-state index in [1.54, 1.807) is 11.9 Å². The number of carbonyl (C=O) groups excluding carboxylic acids is 1. The summed E-state index contributed by atoms with van der Waals surface area (Å²) in [6.45, 7) is 0.720. The number of anilines is 1. The van der Waals surface area contributed by atoms with Crippen molar-refractivity contribution < 1.29 is 9.90 Å². The predicted octanol–water partition coefficient (Wildman–Crippen LogP) is 0.643. The fourth-order valence-electron chi connectivity index (χ4n) is 1.74. The Morgan fingerprint density at radius 2 is 2.29 bits per heavy atom. The van der Waals surface area contributed by atoms with Crippen molar-refractivity contribution in [2.75, 3.05) is 11.4 Å². The van der Waals surface area contributed by atoms with Crippen molar-refractivity contribution in [2.45, 2.75) is 19.3 Å². The molecule has 5 nitrogen and oxygen atoms in total. The van der Waals surface area contributed by atoms with E-state index in [4.69, 9.17) is 0 Å². The highest BCUT2D eigenvalue weighted by Gasteiger charge is 2.22. The van der Waals surface area contributed by atoms with Gasteiger partial charge in [0.25, 0.3) is 0 Å². The summed E-state index contributed by atoms with van der Waals surface area (Å²) in [5, 5.41) is 13.0. The summed E-state index contributed by atoms with van der Waals surface area (Å²) in [5.41, 5.74) is 0. The number of aromatic hydroxyl groups is 1. The highest BCUT2D eigenvalue weighted by atomic mass is 16.3. The minimum absolute atomic E-state index is 0.0409. The Hall–Kier alpha value is -1.52. The van der Waals surface area contributed by atoms with Crippen molar-refractivity contribution in [3.8, 4) is 5.88 Å². The van der Waals surface area contributed by atoms with Gasteiger partial charge in [-0.3, -0.25) is 9.69 Å². The van der Waals surface area contributed by atoms with Gasteiger partial charge in [-0.2, -0.15) is 0 Å². The van der Waals surface area contributed by atoms with Crippen LogP contribution in [0.4, 0.5) is 5.82 Å². The molecule has 2 rings (SSSR count). The van der Waals surface area contributed by atoms with Gasteiger partial charge in [-0.15, -0.1) is 5.10 Å². The first-order chi connectivity index (χ1) is 6.68. The SMILES string of the molecule is Cn1nc(O)cc1N1CCCCC1=O. The molecule has 2 heterocycles. The molecule has 1 N–H and O–H groups in total. The third kappa shape index (κ3) is 1.45. The first kappa shape index (κ1) is 9.05. The lowest BCUT2D eigenvalue weighted by Gasteiger charge is -2.25. The van der Waals surface area contributed by atoms with Crippen LogP contribution in [-0.4, -0.2) is 27.3 Å². The van der Waals surface area contributed by atoms with Gasteiger partial charge >= 0.3 is 0 Å². The number of carbonyl (C=O) groups is 1. The summed E-state index contributed by atoms with van der Waals surface area (Å²) >= 11 is 0. The highest BCUT2D eigenvalue weighted by Crippen LogP contribution is 2.23. The van der Waals surface area contributed by atoms with Crippen LogP contribution in [0.15, 0.2) is 6.07 Å². The van der Waals surface area contributed by atoms with E-state index in [-0.39, 0.29) is 11.8 Å². The van der Waals surface area contributed by atoms with Crippen LogP contribution in [0.5, 0.6) is 5.88 Å². The summed E-state index contributed by atoms with van der Waals surface area (Å²) in [4.78, 5) is 13.2.